The lowest BCUT2D eigenvalue weighted by molar-refractivity contribution is 0.351. The van der Waals surface area contributed by atoms with E-state index < -0.39 is 10.0 Å². The van der Waals surface area contributed by atoms with Gasteiger partial charge in [0, 0.05) is 12.6 Å². The molecule has 0 amide bonds. The number of sulfonamides is 1. The van der Waals surface area contributed by atoms with Crippen molar-refractivity contribution in [3.63, 3.8) is 0 Å². The summed E-state index contributed by atoms with van der Waals surface area (Å²) in [6.45, 7) is 2.23. The minimum Gasteiger partial charge on any atom is -0.299 e. The Labute approximate surface area is 60.2 Å². The van der Waals surface area contributed by atoms with Gasteiger partial charge in [0.2, 0.25) is 10.0 Å². The molecule has 6 heteroatoms. The van der Waals surface area contributed by atoms with Crippen LogP contribution in [0.25, 0.3) is 0 Å². The molecule has 0 aliphatic carbocycles. The molecule has 1 fully saturated rings. The molecule has 0 bridgehead atoms. The number of nitrogens with two attached hydrogens (primary N) is 1. The van der Waals surface area contributed by atoms with Gasteiger partial charge in [-0.05, 0) is 6.92 Å². The third-order valence-electron chi connectivity index (χ3n) is 1.43. The Kier molecular flexibility index (Phi) is 1.95. The zero-order valence-electron chi connectivity index (χ0n) is 5.74. The Bertz CT molecular complexity index is 213. The fourth-order valence-corrected chi connectivity index (χ4v) is 1.89. The van der Waals surface area contributed by atoms with E-state index in [1.807, 2.05) is 6.92 Å². The first kappa shape index (κ1) is 7.93. The van der Waals surface area contributed by atoms with Gasteiger partial charge in [0.1, 0.15) is 5.88 Å². The molecule has 0 saturated carbocycles. The van der Waals surface area contributed by atoms with Crippen LogP contribution in [0, 0.1) is 0 Å². The van der Waals surface area contributed by atoms with Crippen molar-refractivity contribution in [2.24, 2.45) is 5.84 Å². The van der Waals surface area contributed by atoms with Gasteiger partial charge in [-0.15, -0.1) is 4.41 Å². The fourth-order valence-electron chi connectivity index (χ4n) is 0.779. The first-order chi connectivity index (χ1) is 4.52. The molecule has 1 saturated heterocycles. The summed E-state index contributed by atoms with van der Waals surface area (Å²) in [4.78, 5) is 0. The van der Waals surface area contributed by atoms with E-state index in [9.17, 15) is 8.42 Å². The monoisotopic (exact) mass is 165 g/mol. The van der Waals surface area contributed by atoms with Crippen molar-refractivity contribution < 1.29 is 8.42 Å². The van der Waals surface area contributed by atoms with Crippen molar-refractivity contribution >= 4 is 10.0 Å². The third kappa shape index (κ3) is 1.46. The molecule has 1 unspecified atom stereocenters. The summed E-state index contributed by atoms with van der Waals surface area (Å²) in [7, 11) is -3.19. The van der Waals surface area contributed by atoms with E-state index in [4.69, 9.17) is 5.84 Å². The van der Waals surface area contributed by atoms with Crippen molar-refractivity contribution in [3.8, 4) is 0 Å². The van der Waals surface area contributed by atoms with Gasteiger partial charge in [-0.1, -0.05) is 0 Å². The smallest absolute Gasteiger partial charge is 0.239 e. The second-order valence-corrected chi connectivity index (χ2v) is 4.35. The Hall–Kier alpha value is -0.170. The molecular weight excluding hydrogens is 154 g/mol. The van der Waals surface area contributed by atoms with Crippen molar-refractivity contribution in [2.45, 2.75) is 13.0 Å². The number of hydrogen-bond donors (Lipinski definition) is 2. The van der Waals surface area contributed by atoms with Crippen LogP contribution in [0.3, 0.4) is 0 Å². The Morgan fingerprint density at radius 3 is 2.70 bits per heavy atom. The van der Waals surface area contributed by atoms with E-state index in [2.05, 4.69) is 5.32 Å². The van der Waals surface area contributed by atoms with E-state index in [1.165, 1.54) is 0 Å². The Balaban J connectivity index is 2.70. The highest BCUT2D eigenvalue weighted by atomic mass is 32.2. The van der Waals surface area contributed by atoms with E-state index in [0.29, 0.717) is 6.54 Å². The van der Waals surface area contributed by atoms with Gasteiger partial charge in [-0.25, -0.2) is 8.42 Å². The highest BCUT2D eigenvalue weighted by Gasteiger charge is 2.25. The maximum absolute atomic E-state index is 10.9. The van der Waals surface area contributed by atoms with Gasteiger partial charge >= 0.3 is 0 Å². The van der Waals surface area contributed by atoms with Gasteiger partial charge in [-0.3, -0.25) is 11.2 Å². The normalized spacial score (nSPS) is 34.0. The number of nitrogens with zero attached hydrogens (tertiary/aromatic N) is 1. The van der Waals surface area contributed by atoms with Crippen LogP contribution in [0.5, 0.6) is 0 Å². The van der Waals surface area contributed by atoms with Crippen LogP contribution in [0.1, 0.15) is 6.92 Å². The van der Waals surface area contributed by atoms with Crippen molar-refractivity contribution in [1.29, 1.82) is 0 Å². The van der Waals surface area contributed by atoms with Gasteiger partial charge in [0.05, 0.1) is 0 Å². The number of nitrogens with one attached hydrogen (secondary N) is 1. The van der Waals surface area contributed by atoms with Crippen LogP contribution in [-0.4, -0.2) is 31.3 Å². The molecule has 1 aliphatic heterocycles. The molecule has 1 aliphatic rings. The molecule has 0 aromatic rings. The number of rotatable bonds is 0. The Morgan fingerprint density at radius 1 is 1.70 bits per heavy atom. The molecule has 60 valence electrons. The standard InChI is InChI=1S/C4H11N3O2S/c1-4-2-7(5)10(8,9)3-6-4/h4,6H,2-3,5H2,1H3. The maximum atomic E-state index is 10.9. The number of hydrazine groups is 1. The quantitative estimate of drug-likeness (QED) is 0.426. The maximum Gasteiger partial charge on any atom is 0.239 e. The molecule has 0 spiro atoms. The van der Waals surface area contributed by atoms with E-state index in [0.717, 1.165) is 4.41 Å². The van der Waals surface area contributed by atoms with Crippen molar-refractivity contribution in [1.82, 2.24) is 9.73 Å². The number of hydrogen-bond acceptors (Lipinski definition) is 4. The average Bonchev–Trinajstić information content (AvgIpc) is 1.81. The molecule has 1 heterocycles. The van der Waals surface area contributed by atoms with Gasteiger partial charge in [0.25, 0.3) is 0 Å². The average molecular weight is 165 g/mol. The second kappa shape index (κ2) is 2.46. The van der Waals surface area contributed by atoms with Crippen LogP contribution in [0.15, 0.2) is 0 Å². The van der Waals surface area contributed by atoms with Gasteiger partial charge in [-0.2, -0.15) is 0 Å². The molecule has 10 heavy (non-hydrogen) atoms. The lowest BCUT2D eigenvalue weighted by Crippen LogP contribution is -2.55. The van der Waals surface area contributed by atoms with Crippen LogP contribution >= 0.6 is 0 Å². The summed E-state index contributed by atoms with van der Waals surface area (Å²) in [5, 5.41) is 2.79. The lowest BCUT2D eigenvalue weighted by Gasteiger charge is -2.27. The summed E-state index contributed by atoms with van der Waals surface area (Å²) >= 11 is 0. The summed E-state index contributed by atoms with van der Waals surface area (Å²) < 4.78 is 22.6. The molecule has 0 aromatic heterocycles. The van der Waals surface area contributed by atoms with E-state index in [-0.39, 0.29) is 11.9 Å². The highest BCUT2D eigenvalue weighted by molar-refractivity contribution is 7.89. The SMILES string of the molecule is CC1CN(N)S(=O)(=O)CN1. The van der Waals surface area contributed by atoms with Crippen molar-refractivity contribution in [2.75, 3.05) is 12.4 Å². The largest absolute Gasteiger partial charge is 0.299 e. The molecule has 5 nitrogen and oxygen atoms in total. The zero-order valence-corrected chi connectivity index (χ0v) is 6.56. The zero-order chi connectivity index (χ0) is 7.78. The molecule has 0 aromatic carbocycles. The second-order valence-electron chi connectivity index (χ2n) is 2.43. The Morgan fingerprint density at radius 2 is 2.30 bits per heavy atom. The minimum absolute atomic E-state index is 0.0509. The highest BCUT2D eigenvalue weighted by Crippen LogP contribution is 2.01. The topological polar surface area (TPSA) is 75.4 Å². The van der Waals surface area contributed by atoms with Gasteiger partial charge in [0.15, 0.2) is 0 Å². The lowest BCUT2D eigenvalue weighted by atomic mass is 10.3. The molecule has 3 N–H and O–H groups in total. The molecule has 1 rings (SSSR count). The molecule has 0 radical (unpaired) electrons. The first-order valence-corrected chi connectivity index (χ1v) is 4.62. The predicted octanol–water partition coefficient (Wildman–Crippen LogP) is -1.56. The fraction of sp³-hybridized carbons (Fsp3) is 1.00. The third-order valence-corrected chi connectivity index (χ3v) is 2.82. The van der Waals surface area contributed by atoms with E-state index in [1.54, 1.807) is 0 Å². The summed E-state index contributed by atoms with van der Waals surface area (Å²) in [6.07, 6.45) is 0. The minimum atomic E-state index is -3.19. The van der Waals surface area contributed by atoms with Crippen molar-refractivity contribution in [3.05, 3.63) is 0 Å². The van der Waals surface area contributed by atoms with E-state index >= 15 is 0 Å². The summed E-state index contributed by atoms with van der Waals surface area (Å²) in [5.41, 5.74) is 0. The van der Waals surface area contributed by atoms with Crippen LogP contribution < -0.4 is 11.2 Å². The van der Waals surface area contributed by atoms with Crippen LogP contribution in [0.2, 0.25) is 0 Å². The van der Waals surface area contributed by atoms with Gasteiger partial charge < -0.3 is 0 Å². The first-order valence-electron chi connectivity index (χ1n) is 3.01. The molecular formula is C4H11N3O2S. The summed E-state index contributed by atoms with van der Waals surface area (Å²) in [6, 6.07) is 0.147. The van der Waals surface area contributed by atoms with Crippen LogP contribution in [0.4, 0.5) is 0 Å². The predicted molar refractivity (Wildman–Crippen MR) is 37.3 cm³/mol. The summed E-state index contributed by atoms with van der Waals surface area (Å²) in [5.74, 6) is 5.16. The van der Waals surface area contributed by atoms with Crippen LogP contribution in [-0.2, 0) is 10.0 Å². The molecule has 1 atom stereocenters.